The minimum Gasteiger partial charge on any atom is -0.355 e. The van der Waals surface area contributed by atoms with Crippen LogP contribution >= 0.6 is 0 Å². The van der Waals surface area contributed by atoms with Gasteiger partial charge < -0.3 is 10.2 Å². The van der Waals surface area contributed by atoms with Gasteiger partial charge in [-0.05, 0) is 25.5 Å². The second-order valence-corrected chi connectivity index (χ2v) is 5.80. The van der Waals surface area contributed by atoms with Crippen molar-refractivity contribution in [1.82, 2.24) is 10.2 Å². The van der Waals surface area contributed by atoms with Gasteiger partial charge in [-0.25, -0.2) is 0 Å². The van der Waals surface area contributed by atoms with Crippen molar-refractivity contribution in [3.8, 4) is 0 Å². The zero-order chi connectivity index (χ0) is 13.5. The Labute approximate surface area is 112 Å². The molecule has 2 saturated heterocycles. The maximum atomic E-state index is 12.4. The van der Waals surface area contributed by atoms with E-state index in [2.05, 4.69) is 5.32 Å². The van der Waals surface area contributed by atoms with E-state index in [4.69, 9.17) is 0 Å². The van der Waals surface area contributed by atoms with Gasteiger partial charge in [0.1, 0.15) is 0 Å². The van der Waals surface area contributed by atoms with Crippen LogP contribution in [0.3, 0.4) is 0 Å². The summed E-state index contributed by atoms with van der Waals surface area (Å²) in [7, 11) is 0. The molecule has 3 rings (SSSR count). The first kappa shape index (κ1) is 12.2. The average Bonchev–Trinajstić information content (AvgIpc) is 2.97. The first-order valence-corrected chi connectivity index (χ1v) is 6.71. The van der Waals surface area contributed by atoms with Gasteiger partial charge in [0.15, 0.2) is 0 Å². The van der Waals surface area contributed by atoms with E-state index >= 15 is 0 Å². The third kappa shape index (κ3) is 2.23. The summed E-state index contributed by atoms with van der Waals surface area (Å²) < 4.78 is 0. The molecule has 2 aliphatic rings. The molecule has 2 amide bonds. The average molecular weight is 258 g/mol. The quantitative estimate of drug-likeness (QED) is 0.826. The van der Waals surface area contributed by atoms with Crippen molar-refractivity contribution in [2.24, 2.45) is 5.41 Å². The molecule has 100 valence electrons. The van der Waals surface area contributed by atoms with Crippen LogP contribution in [-0.4, -0.2) is 36.3 Å². The van der Waals surface area contributed by atoms with Gasteiger partial charge in [-0.1, -0.05) is 17.7 Å². The molecule has 1 unspecified atom stereocenters. The monoisotopic (exact) mass is 258 g/mol. The van der Waals surface area contributed by atoms with Crippen LogP contribution in [0, 0.1) is 12.3 Å². The number of nitrogens with one attached hydrogen (secondary N) is 1. The van der Waals surface area contributed by atoms with Gasteiger partial charge in [-0.2, -0.15) is 0 Å². The van der Waals surface area contributed by atoms with Gasteiger partial charge in [-0.3, -0.25) is 9.59 Å². The lowest BCUT2D eigenvalue weighted by atomic mass is 9.86. The minimum absolute atomic E-state index is 0.0164. The minimum atomic E-state index is -0.0164. The van der Waals surface area contributed by atoms with E-state index in [9.17, 15) is 9.59 Å². The smallest absolute Gasteiger partial charge is 0.253 e. The second-order valence-electron chi connectivity index (χ2n) is 5.80. The van der Waals surface area contributed by atoms with Gasteiger partial charge >= 0.3 is 0 Å². The van der Waals surface area contributed by atoms with Crippen LogP contribution in [0.2, 0.25) is 0 Å². The molecule has 1 aromatic carbocycles. The molecule has 0 aromatic heterocycles. The van der Waals surface area contributed by atoms with Crippen molar-refractivity contribution in [2.75, 3.05) is 19.6 Å². The van der Waals surface area contributed by atoms with Crippen LogP contribution in [-0.2, 0) is 4.79 Å². The van der Waals surface area contributed by atoms with Crippen molar-refractivity contribution in [3.05, 3.63) is 35.4 Å². The van der Waals surface area contributed by atoms with Crippen molar-refractivity contribution >= 4 is 11.8 Å². The molecule has 0 saturated carbocycles. The van der Waals surface area contributed by atoms with Crippen LogP contribution in [0.15, 0.2) is 24.3 Å². The molecule has 4 nitrogen and oxygen atoms in total. The summed E-state index contributed by atoms with van der Waals surface area (Å²) in [5.74, 6) is 0.195. The normalized spacial score (nSPS) is 25.9. The Balaban J connectivity index is 1.72. The predicted octanol–water partition coefficient (Wildman–Crippen LogP) is 1.35. The molecule has 19 heavy (non-hydrogen) atoms. The van der Waals surface area contributed by atoms with Crippen LogP contribution in [0.1, 0.15) is 28.8 Å². The maximum absolute atomic E-state index is 12.4. The molecule has 4 heteroatoms. The maximum Gasteiger partial charge on any atom is 0.253 e. The highest BCUT2D eigenvalue weighted by atomic mass is 16.2. The fraction of sp³-hybridized carbons (Fsp3) is 0.467. The van der Waals surface area contributed by atoms with Crippen LogP contribution in [0.4, 0.5) is 0 Å². The standard InChI is InChI=1S/C15H18N2O2/c1-11-2-4-12(5-3-11)14(19)17-7-6-15(10-17)8-13(18)16-9-15/h2-5H,6-10H2,1H3,(H,16,18). The predicted molar refractivity (Wildman–Crippen MR) is 71.8 cm³/mol. The van der Waals surface area contributed by atoms with Gasteiger partial charge in [0.25, 0.3) is 5.91 Å². The highest BCUT2D eigenvalue weighted by Crippen LogP contribution is 2.37. The Morgan fingerprint density at radius 1 is 1.32 bits per heavy atom. The molecule has 2 fully saturated rings. The highest BCUT2D eigenvalue weighted by molar-refractivity contribution is 5.94. The number of hydrogen-bond acceptors (Lipinski definition) is 2. The fourth-order valence-electron chi connectivity index (χ4n) is 3.03. The Kier molecular flexibility index (Phi) is 2.81. The molecule has 1 aromatic rings. The topological polar surface area (TPSA) is 49.4 Å². The molecule has 2 heterocycles. The number of carbonyl (C=O) groups excluding carboxylic acids is 2. The summed E-state index contributed by atoms with van der Waals surface area (Å²) >= 11 is 0. The van der Waals surface area contributed by atoms with Crippen molar-refractivity contribution in [1.29, 1.82) is 0 Å². The Bertz CT molecular complexity index is 523. The molecule has 1 N–H and O–H groups in total. The van der Waals surface area contributed by atoms with Crippen LogP contribution < -0.4 is 5.32 Å². The van der Waals surface area contributed by atoms with E-state index < -0.39 is 0 Å². The summed E-state index contributed by atoms with van der Waals surface area (Å²) in [5, 5.41) is 2.88. The summed E-state index contributed by atoms with van der Waals surface area (Å²) in [6, 6.07) is 7.67. The van der Waals surface area contributed by atoms with Crippen molar-refractivity contribution in [3.63, 3.8) is 0 Å². The SMILES string of the molecule is Cc1ccc(C(=O)N2CCC3(CNC(=O)C3)C2)cc1. The van der Waals surface area contributed by atoms with E-state index in [0.717, 1.165) is 24.1 Å². The molecule has 0 aliphatic carbocycles. The highest BCUT2D eigenvalue weighted by Gasteiger charge is 2.45. The van der Waals surface area contributed by atoms with E-state index in [-0.39, 0.29) is 17.2 Å². The number of amides is 2. The molecule has 0 bridgehead atoms. The third-order valence-corrected chi connectivity index (χ3v) is 4.22. The second kappa shape index (κ2) is 4.37. The zero-order valence-corrected chi connectivity index (χ0v) is 11.1. The Hall–Kier alpha value is -1.84. The molecule has 0 radical (unpaired) electrons. The molecular weight excluding hydrogens is 240 g/mol. The number of hydrogen-bond donors (Lipinski definition) is 1. The van der Waals surface area contributed by atoms with Gasteiger partial charge in [0.05, 0.1) is 0 Å². The number of benzene rings is 1. The third-order valence-electron chi connectivity index (χ3n) is 4.22. The number of rotatable bonds is 1. The number of likely N-dealkylation sites (tertiary alicyclic amines) is 1. The largest absolute Gasteiger partial charge is 0.355 e. The number of nitrogens with zero attached hydrogens (tertiary/aromatic N) is 1. The molecular formula is C15H18N2O2. The Morgan fingerprint density at radius 3 is 2.68 bits per heavy atom. The van der Waals surface area contributed by atoms with Gasteiger partial charge in [-0.15, -0.1) is 0 Å². The van der Waals surface area contributed by atoms with E-state index in [1.54, 1.807) is 0 Å². The van der Waals surface area contributed by atoms with Crippen molar-refractivity contribution in [2.45, 2.75) is 19.8 Å². The lowest BCUT2D eigenvalue weighted by molar-refractivity contribution is -0.119. The summed E-state index contributed by atoms with van der Waals surface area (Å²) in [5.41, 5.74) is 1.87. The Morgan fingerprint density at radius 2 is 2.05 bits per heavy atom. The lowest BCUT2D eigenvalue weighted by Gasteiger charge is -2.21. The van der Waals surface area contributed by atoms with Crippen LogP contribution in [0.25, 0.3) is 0 Å². The number of aryl methyl sites for hydroxylation is 1. The molecule has 1 atom stereocenters. The van der Waals surface area contributed by atoms with E-state index in [0.29, 0.717) is 19.5 Å². The number of carbonyl (C=O) groups is 2. The first-order valence-electron chi connectivity index (χ1n) is 6.71. The fourth-order valence-corrected chi connectivity index (χ4v) is 3.03. The van der Waals surface area contributed by atoms with E-state index in [1.165, 1.54) is 0 Å². The van der Waals surface area contributed by atoms with Crippen LogP contribution in [0.5, 0.6) is 0 Å². The zero-order valence-electron chi connectivity index (χ0n) is 11.1. The van der Waals surface area contributed by atoms with E-state index in [1.807, 2.05) is 36.1 Å². The van der Waals surface area contributed by atoms with Gasteiger partial charge in [0, 0.05) is 37.0 Å². The summed E-state index contributed by atoms with van der Waals surface area (Å²) in [4.78, 5) is 25.7. The van der Waals surface area contributed by atoms with Gasteiger partial charge in [0.2, 0.25) is 5.91 Å². The van der Waals surface area contributed by atoms with Crippen molar-refractivity contribution < 1.29 is 9.59 Å². The summed E-state index contributed by atoms with van der Waals surface area (Å²) in [6.07, 6.45) is 1.48. The lowest BCUT2D eigenvalue weighted by Crippen LogP contribution is -2.33. The molecule has 2 aliphatic heterocycles. The first-order chi connectivity index (χ1) is 9.08. The molecule has 1 spiro atoms. The summed E-state index contributed by atoms with van der Waals surface area (Å²) in [6.45, 7) is 4.17.